The Balaban J connectivity index is 1.52. The molecule has 0 spiro atoms. The molecular weight excluding hydrogens is 256 g/mol. The maximum atomic E-state index is 12.3. The van der Waals surface area contributed by atoms with Gasteiger partial charge >= 0.3 is 0 Å². The zero-order chi connectivity index (χ0) is 13.4. The van der Waals surface area contributed by atoms with Crippen LogP contribution in [-0.2, 0) is 11.2 Å². The molecule has 0 radical (unpaired) electrons. The molecule has 4 atom stereocenters. The Bertz CT molecular complexity index is 470. The monoisotopic (exact) mass is 278 g/mol. The normalized spacial score (nSPS) is 30.5. The van der Waals surface area contributed by atoms with E-state index in [1.807, 2.05) is 11.3 Å². The number of hydrogen-bond donors (Lipinski definition) is 2. The van der Waals surface area contributed by atoms with Gasteiger partial charge < -0.3 is 10.6 Å². The third kappa shape index (κ3) is 2.84. The Morgan fingerprint density at radius 3 is 2.95 bits per heavy atom. The Morgan fingerprint density at radius 2 is 2.37 bits per heavy atom. The summed E-state index contributed by atoms with van der Waals surface area (Å²) in [6, 6.07) is 5.57. The van der Waals surface area contributed by atoms with Crippen LogP contribution < -0.4 is 10.6 Å². The van der Waals surface area contributed by atoms with Crippen molar-refractivity contribution in [1.82, 2.24) is 10.6 Å². The molecule has 2 N–H and O–H groups in total. The summed E-state index contributed by atoms with van der Waals surface area (Å²) >= 11 is 1.82. The first kappa shape index (κ1) is 13.1. The van der Waals surface area contributed by atoms with Gasteiger partial charge in [-0.15, -0.1) is 11.3 Å². The predicted molar refractivity (Wildman–Crippen MR) is 78.4 cm³/mol. The van der Waals surface area contributed by atoms with Crippen molar-refractivity contribution in [1.29, 1.82) is 0 Å². The van der Waals surface area contributed by atoms with E-state index >= 15 is 0 Å². The van der Waals surface area contributed by atoms with Gasteiger partial charge in [0.05, 0.1) is 5.92 Å². The lowest BCUT2D eigenvalue weighted by atomic mass is 9.88. The van der Waals surface area contributed by atoms with Crippen LogP contribution >= 0.6 is 11.3 Å². The Kier molecular flexibility index (Phi) is 3.63. The number of carbonyl (C=O) groups excluding carboxylic acids is 1. The van der Waals surface area contributed by atoms with E-state index in [0.717, 1.165) is 12.8 Å². The van der Waals surface area contributed by atoms with E-state index in [4.69, 9.17) is 0 Å². The summed E-state index contributed by atoms with van der Waals surface area (Å²) < 4.78 is 0. The van der Waals surface area contributed by atoms with Gasteiger partial charge in [0.15, 0.2) is 0 Å². The van der Waals surface area contributed by atoms with Crippen molar-refractivity contribution in [3.63, 3.8) is 0 Å². The van der Waals surface area contributed by atoms with Crippen molar-refractivity contribution in [2.45, 2.75) is 57.7 Å². The number of hydrogen-bond acceptors (Lipinski definition) is 3. The molecule has 4 unspecified atom stereocenters. The van der Waals surface area contributed by atoms with Crippen molar-refractivity contribution >= 4 is 17.2 Å². The van der Waals surface area contributed by atoms with E-state index in [-0.39, 0.29) is 17.9 Å². The molecule has 19 heavy (non-hydrogen) atoms. The van der Waals surface area contributed by atoms with Crippen molar-refractivity contribution in [3.05, 3.63) is 21.9 Å². The van der Waals surface area contributed by atoms with Crippen molar-refractivity contribution in [2.24, 2.45) is 5.92 Å². The quantitative estimate of drug-likeness (QED) is 0.887. The van der Waals surface area contributed by atoms with Crippen LogP contribution in [0.15, 0.2) is 12.1 Å². The number of carbonyl (C=O) groups is 1. The summed E-state index contributed by atoms with van der Waals surface area (Å²) in [6.07, 6.45) is 4.39. The summed E-state index contributed by atoms with van der Waals surface area (Å²) in [7, 11) is 0. The zero-order valence-electron chi connectivity index (χ0n) is 11.6. The molecule has 2 bridgehead atoms. The van der Waals surface area contributed by atoms with Crippen LogP contribution in [0.25, 0.3) is 0 Å². The Labute approximate surface area is 118 Å². The minimum Gasteiger partial charge on any atom is -0.353 e. The van der Waals surface area contributed by atoms with Gasteiger partial charge in [0, 0.05) is 34.3 Å². The molecule has 2 aliphatic rings. The fourth-order valence-electron chi connectivity index (χ4n) is 3.41. The summed E-state index contributed by atoms with van der Waals surface area (Å²) in [5.41, 5.74) is 0. The van der Waals surface area contributed by atoms with Crippen LogP contribution in [0, 0.1) is 12.8 Å². The van der Waals surface area contributed by atoms with Crippen LogP contribution in [-0.4, -0.2) is 24.0 Å². The maximum Gasteiger partial charge on any atom is 0.224 e. The first-order chi connectivity index (χ1) is 9.11. The maximum absolute atomic E-state index is 12.3. The second-order valence-electron chi connectivity index (χ2n) is 6.02. The molecule has 2 aliphatic heterocycles. The highest BCUT2D eigenvalue weighted by Crippen LogP contribution is 2.33. The van der Waals surface area contributed by atoms with Crippen LogP contribution in [0.5, 0.6) is 0 Å². The van der Waals surface area contributed by atoms with Gasteiger partial charge in [-0.25, -0.2) is 0 Å². The predicted octanol–water partition coefficient (Wildman–Crippen LogP) is 2.24. The number of thiophene rings is 1. The van der Waals surface area contributed by atoms with Gasteiger partial charge in [0.2, 0.25) is 5.91 Å². The third-order valence-electron chi connectivity index (χ3n) is 4.33. The van der Waals surface area contributed by atoms with Crippen LogP contribution in [0.3, 0.4) is 0 Å². The largest absolute Gasteiger partial charge is 0.353 e. The second-order valence-corrected chi connectivity index (χ2v) is 7.39. The Hall–Kier alpha value is -0.870. The van der Waals surface area contributed by atoms with Crippen LogP contribution in [0.2, 0.25) is 0 Å². The summed E-state index contributed by atoms with van der Waals surface area (Å²) in [6.45, 7) is 4.23. The minimum atomic E-state index is 0.200. The first-order valence-corrected chi connectivity index (χ1v) is 8.05. The molecule has 0 aromatic carbocycles. The molecule has 2 saturated heterocycles. The number of amides is 1. The van der Waals surface area contributed by atoms with Crippen LogP contribution in [0.4, 0.5) is 0 Å². The van der Waals surface area contributed by atoms with Gasteiger partial charge in [-0.05, 0) is 45.2 Å². The van der Waals surface area contributed by atoms with E-state index in [0.29, 0.717) is 12.1 Å². The topological polar surface area (TPSA) is 41.1 Å². The molecule has 0 aliphatic carbocycles. The molecule has 0 saturated carbocycles. The van der Waals surface area contributed by atoms with Crippen LogP contribution in [0.1, 0.15) is 35.9 Å². The number of aryl methyl sites for hydroxylation is 1. The van der Waals surface area contributed by atoms with Gasteiger partial charge in [0.1, 0.15) is 0 Å². The van der Waals surface area contributed by atoms with E-state index in [1.54, 1.807) is 0 Å². The van der Waals surface area contributed by atoms with Gasteiger partial charge in [-0.3, -0.25) is 4.79 Å². The Morgan fingerprint density at radius 1 is 1.53 bits per heavy atom. The molecular formula is C15H22N2OS. The fraction of sp³-hybridized carbons (Fsp3) is 0.667. The van der Waals surface area contributed by atoms with E-state index in [1.165, 1.54) is 22.6 Å². The molecule has 3 nitrogen and oxygen atoms in total. The molecule has 1 amide bonds. The summed E-state index contributed by atoms with van der Waals surface area (Å²) in [5.74, 6) is 0.451. The molecule has 4 heteroatoms. The highest BCUT2D eigenvalue weighted by Gasteiger charge is 2.42. The lowest BCUT2D eigenvalue weighted by Crippen LogP contribution is -2.42. The highest BCUT2D eigenvalue weighted by atomic mass is 32.1. The van der Waals surface area contributed by atoms with E-state index in [2.05, 4.69) is 36.6 Å². The minimum absolute atomic E-state index is 0.200. The molecule has 3 heterocycles. The first-order valence-electron chi connectivity index (χ1n) is 7.23. The summed E-state index contributed by atoms with van der Waals surface area (Å²) in [5, 5.41) is 6.72. The van der Waals surface area contributed by atoms with Crippen molar-refractivity contribution in [2.75, 3.05) is 0 Å². The van der Waals surface area contributed by atoms with Gasteiger partial charge in [-0.1, -0.05) is 0 Å². The molecule has 104 valence electrons. The smallest absolute Gasteiger partial charge is 0.224 e. The number of nitrogens with one attached hydrogen (secondary N) is 2. The zero-order valence-corrected chi connectivity index (χ0v) is 12.4. The van der Waals surface area contributed by atoms with Gasteiger partial charge in [-0.2, -0.15) is 0 Å². The molecule has 3 rings (SSSR count). The number of fused-ring (bicyclic) bond motifs is 2. The number of rotatable bonds is 4. The molecule has 2 fully saturated rings. The van der Waals surface area contributed by atoms with Crippen molar-refractivity contribution in [3.8, 4) is 0 Å². The molecule has 1 aromatic rings. The van der Waals surface area contributed by atoms with E-state index < -0.39 is 0 Å². The van der Waals surface area contributed by atoms with Crippen molar-refractivity contribution < 1.29 is 4.79 Å². The SMILES string of the molecule is Cc1ccc(CC(C)NC(=O)C2CC3CCC2N3)s1. The fourth-order valence-corrected chi connectivity index (χ4v) is 4.43. The van der Waals surface area contributed by atoms with E-state index in [9.17, 15) is 4.79 Å². The lowest BCUT2D eigenvalue weighted by molar-refractivity contribution is -0.126. The summed E-state index contributed by atoms with van der Waals surface area (Å²) in [4.78, 5) is 15.0. The standard InChI is InChI=1S/C15H22N2OS/c1-9(7-12-5-3-10(2)19-12)16-15(18)13-8-11-4-6-14(13)17-11/h3,5,9,11,13-14,17H,4,6-8H2,1-2H3,(H,16,18). The average molecular weight is 278 g/mol. The van der Waals surface area contributed by atoms with Gasteiger partial charge in [0.25, 0.3) is 0 Å². The average Bonchev–Trinajstić information content (AvgIpc) is 3.05. The molecule has 1 aromatic heterocycles. The second kappa shape index (κ2) is 5.25. The lowest BCUT2D eigenvalue weighted by Gasteiger charge is -2.22. The highest BCUT2D eigenvalue weighted by molar-refractivity contribution is 7.11. The third-order valence-corrected chi connectivity index (χ3v) is 5.35.